The smallest absolute Gasteiger partial charge is 0.264 e. The Morgan fingerprint density at radius 1 is 0.192 bits per heavy atom. The van der Waals surface area contributed by atoms with Gasteiger partial charge >= 0.3 is 0 Å². The highest BCUT2D eigenvalue weighted by Gasteiger charge is 2.62. The average molecular weight is 1560 g/mol. The second kappa shape index (κ2) is 41.3. The van der Waals surface area contributed by atoms with Crippen LogP contribution in [-0.4, -0.2) is 426 Å². The highest BCUT2D eigenvalue weighted by Crippen LogP contribution is 2.43. The van der Waals surface area contributed by atoms with Crippen LogP contribution in [-0.2, 0) is 185 Å². The van der Waals surface area contributed by atoms with Gasteiger partial charge in [0.15, 0.2) is 44.0 Å². The van der Waals surface area contributed by atoms with Crippen molar-refractivity contribution in [1.29, 1.82) is 0 Å². The minimum Gasteiger partial charge on any atom is -0.382 e. The summed E-state index contributed by atoms with van der Waals surface area (Å²) in [4.78, 5) is 0. The van der Waals surface area contributed by atoms with Crippen LogP contribution >= 0.6 is 0 Å². The quantitative estimate of drug-likeness (QED) is 0.0654. The van der Waals surface area contributed by atoms with E-state index < -0.39 is 248 Å². The van der Waals surface area contributed by atoms with Crippen molar-refractivity contribution in [3.8, 4) is 0 Å². The van der Waals surface area contributed by atoms with E-state index in [9.17, 15) is 16.8 Å². The van der Waals surface area contributed by atoms with Crippen molar-refractivity contribution in [3.63, 3.8) is 0 Å². The number of hydrogen-bond donors (Lipinski definition) is 0. The van der Waals surface area contributed by atoms with Crippen molar-refractivity contribution < 1.29 is 182 Å². The summed E-state index contributed by atoms with van der Waals surface area (Å²) in [5.41, 5.74) is 0. The molecular weight excluding hydrogens is 1440 g/mol. The first-order valence-electron chi connectivity index (χ1n) is 33.7. The summed E-state index contributed by atoms with van der Waals surface area (Å²) >= 11 is 0. The Kier molecular flexibility index (Phi) is 35.0. The number of ether oxygens (including phenoxy) is 33. The summed E-state index contributed by atoms with van der Waals surface area (Å²) in [6.07, 6.45) is -40.5. The number of hydrogen-bond acceptors (Lipinski definition) is 39. The first-order chi connectivity index (χ1) is 50.0. The van der Waals surface area contributed by atoms with E-state index >= 15 is 0 Å². The zero-order chi connectivity index (χ0) is 75.9. The van der Waals surface area contributed by atoms with Gasteiger partial charge in [0.2, 0.25) is 0 Å². The van der Waals surface area contributed by atoms with E-state index in [0.29, 0.717) is 0 Å². The van der Waals surface area contributed by atoms with Crippen molar-refractivity contribution >= 4 is 20.2 Å². The standard InChI is InChI=1S/C63H112O39S2/c1-68-22-29-36-43(73-6)50(80-13)57(89-29)97-37-30(23-69-2)91-59(52(82-15)44(37)74-7)99-39-32(25-71-4)93-61(54(84-17)46(39)76-9)101-41-34(27-87-103(20,64)65)95-63(56(86-19)48(41)78-11)102-42-35(28-88-104(21,66)67)94-62(55(85-18)49(42)79-12)100-40-33(26-72-5)92-60(53(83-16)47(40)77-10)98-38-31(24-70-3)90-58(96-36)51(81-14)45(38)75-8/h29-63H,22-28H2,1-21H3/t29-,30-,31-,32-,33-,34-,35-,36-,37-,38-,39-,40-,41-,42-,43+,44+,45+,46+,47+,48+,49-,50-,51-,52-,53+,54-,55+,56-,57-,58-,59-,60-,61-,62-,63-/m1/s1. The van der Waals surface area contributed by atoms with Crippen LogP contribution in [0.2, 0.25) is 0 Å². The maximum Gasteiger partial charge on any atom is 0.264 e. The van der Waals surface area contributed by atoms with Gasteiger partial charge in [0.25, 0.3) is 20.2 Å². The van der Waals surface area contributed by atoms with Crippen LogP contribution < -0.4 is 0 Å². The van der Waals surface area contributed by atoms with Crippen LogP contribution in [0.5, 0.6) is 0 Å². The van der Waals surface area contributed by atoms with E-state index in [4.69, 9.17) is 165 Å². The summed E-state index contributed by atoms with van der Waals surface area (Å²) in [6.45, 7) is -2.05. The zero-order valence-corrected chi connectivity index (χ0v) is 64.5. The summed E-state index contributed by atoms with van der Waals surface area (Å²) < 4.78 is 275. The Hall–Kier alpha value is -1.50. The average Bonchev–Trinajstić information content (AvgIpc) is 0.768. The fourth-order valence-corrected chi connectivity index (χ4v) is 15.7. The van der Waals surface area contributed by atoms with Crippen molar-refractivity contribution in [2.75, 3.05) is 194 Å². The first kappa shape index (κ1) is 88.1. The lowest BCUT2D eigenvalue weighted by Gasteiger charge is -2.52. The fourth-order valence-electron chi connectivity index (χ4n) is 14.9. The van der Waals surface area contributed by atoms with Crippen molar-refractivity contribution in [2.24, 2.45) is 0 Å². The summed E-state index contributed by atoms with van der Waals surface area (Å²) in [6, 6.07) is 0. The molecule has 35 atom stereocenters. The first-order valence-corrected chi connectivity index (χ1v) is 37.3. The van der Waals surface area contributed by atoms with Crippen molar-refractivity contribution in [1.82, 2.24) is 0 Å². The molecule has 14 bridgehead atoms. The van der Waals surface area contributed by atoms with Crippen LogP contribution in [0, 0.1) is 0 Å². The molecule has 41 heteroatoms. The lowest BCUT2D eigenvalue weighted by atomic mass is 9.94. The third kappa shape index (κ3) is 20.3. The van der Waals surface area contributed by atoms with Gasteiger partial charge in [-0.1, -0.05) is 0 Å². The van der Waals surface area contributed by atoms with Gasteiger partial charge in [-0.15, -0.1) is 0 Å². The molecule has 0 saturated carbocycles. The van der Waals surface area contributed by atoms with E-state index in [0.717, 1.165) is 12.5 Å². The maximum absolute atomic E-state index is 13.0. The third-order valence-electron chi connectivity index (χ3n) is 19.5. The minimum atomic E-state index is -4.22. The van der Waals surface area contributed by atoms with Gasteiger partial charge in [-0.3, -0.25) is 8.37 Å². The van der Waals surface area contributed by atoms with E-state index in [1.807, 2.05) is 0 Å². The van der Waals surface area contributed by atoms with Crippen LogP contribution in [0.1, 0.15) is 0 Å². The molecule has 0 aliphatic carbocycles. The monoisotopic (exact) mass is 1560 g/mol. The van der Waals surface area contributed by atoms with Crippen LogP contribution in [0.4, 0.5) is 0 Å². The molecular formula is C63H112O39S2. The lowest BCUT2D eigenvalue weighted by Crippen LogP contribution is -2.69. The molecule has 21 heterocycles. The SMILES string of the molecule is COC[C@H]1O[C@@H]2O[C@H]3[C@H](OC)[C@@H](OC)[C@@H](O[C@H]4[C@H](OC)[C@@H](OC)[C@@H](O[C@H]5[C@H](OC)[C@@H](OC)[C@@H](O[C@H]6[C@H](OC)[C@@H](OC)[C@@H](O[C@H]7[C@H](OC)[C@@H](OC)[C@@H](O[C@H]8[C@@H](OC)[C@H](OC)[C@@H](O[C@H]1[C@H](OC)[C@@H]2OC)O[C@@H]8COS(C)(=O)=O)O[C@@H]7COS(C)(=O)=O)O[C@@H]6COC)O[C@@H]5COC)O[C@@H]4COC)O[C@@H]3COC. The van der Waals surface area contributed by atoms with Gasteiger partial charge in [-0.25, -0.2) is 0 Å². The molecule has 0 amide bonds. The van der Waals surface area contributed by atoms with Gasteiger partial charge in [-0.2, -0.15) is 16.8 Å². The predicted molar refractivity (Wildman–Crippen MR) is 347 cm³/mol. The topological polar surface area (TPSA) is 391 Å². The second-order valence-electron chi connectivity index (χ2n) is 25.6. The van der Waals surface area contributed by atoms with Gasteiger partial charge < -0.3 is 156 Å². The van der Waals surface area contributed by atoms with Crippen LogP contribution in [0.25, 0.3) is 0 Å². The normalized spacial score (nSPS) is 44.4. The second-order valence-corrected chi connectivity index (χ2v) is 28.9. The molecule has 21 aliphatic rings. The Labute approximate surface area is 608 Å². The molecule has 0 spiro atoms. The largest absolute Gasteiger partial charge is 0.382 e. The molecule has 21 fully saturated rings. The van der Waals surface area contributed by atoms with Gasteiger partial charge in [-0.05, 0) is 0 Å². The molecule has 21 saturated heterocycles. The number of rotatable bonds is 30. The molecule has 39 nitrogen and oxygen atoms in total. The molecule has 0 N–H and O–H groups in total. The van der Waals surface area contributed by atoms with Gasteiger partial charge in [0.05, 0.1) is 58.8 Å². The predicted octanol–water partition coefficient (Wildman–Crippen LogP) is -2.83. The highest BCUT2D eigenvalue weighted by atomic mass is 32.2. The molecule has 0 aromatic carbocycles. The summed E-state index contributed by atoms with van der Waals surface area (Å²) in [5, 5.41) is 0. The van der Waals surface area contributed by atoms with E-state index in [-0.39, 0.29) is 33.0 Å². The van der Waals surface area contributed by atoms with Crippen LogP contribution in [0.3, 0.4) is 0 Å². The van der Waals surface area contributed by atoms with E-state index in [1.165, 1.54) is 135 Å². The Balaban J connectivity index is 1.27. The molecule has 610 valence electrons. The zero-order valence-electron chi connectivity index (χ0n) is 62.9. The van der Waals surface area contributed by atoms with Gasteiger partial charge in [0.1, 0.15) is 171 Å². The summed E-state index contributed by atoms with van der Waals surface area (Å²) in [7, 11) is 18.7. The van der Waals surface area contributed by atoms with Crippen molar-refractivity contribution in [3.05, 3.63) is 0 Å². The molecule has 0 aromatic heterocycles. The Morgan fingerprint density at radius 2 is 0.317 bits per heavy atom. The third-order valence-corrected chi connectivity index (χ3v) is 20.7. The van der Waals surface area contributed by atoms with E-state index in [2.05, 4.69) is 0 Å². The highest BCUT2D eigenvalue weighted by molar-refractivity contribution is 7.86. The summed E-state index contributed by atoms with van der Waals surface area (Å²) in [5.74, 6) is 0. The van der Waals surface area contributed by atoms with Crippen LogP contribution in [0.15, 0.2) is 0 Å². The maximum atomic E-state index is 13.0. The molecule has 0 aromatic rings. The Bertz CT molecular complexity index is 2660. The molecule has 104 heavy (non-hydrogen) atoms. The van der Waals surface area contributed by atoms with Crippen molar-refractivity contribution in [2.45, 2.75) is 215 Å². The fraction of sp³-hybridized carbons (Fsp3) is 1.00. The minimum absolute atomic E-state index is 0.0848. The number of methoxy groups -OCH3 is 19. The molecule has 0 unspecified atom stereocenters. The molecule has 21 aliphatic heterocycles. The lowest BCUT2D eigenvalue weighted by molar-refractivity contribution is -0.402. The Morgan fingerprint density at radius 3 is 0.423 bits per heavy atom. The molecule has 21 rings (SSSR count). The van der Waals surface area contributed by atoms with E-state index in [1.54, 1.807) is 0 Å². The molecule has 0 radical (unpaired) electrons. The van der Waals surface area contributed by atoms with Gasteiger partial charge in [0, 0.05) is 135 Å².